The Morgan fingerprint density at radius 1 is 1.18 bits per heavy atom. The summed E-state index contributed by atoms with van der Waals surface area (Å²) in [5, 5.41) is 0. The zero-order valence-electron chi connectivity index (χ0n) is 7.92. The van der Waals surface area contributed by atoms with E-state index in [9.17, 15) is 0 Å². The smallest absolute Gasteiger partial charge is 0.0416 e. The van der Waals surface area contributed by atoms with Crippen LogP contribution >= 0.6 is 24.8 Å². The lowest BCUT2D eigenvalue weighted by molar-refractivity contribution is 0.321. The van der Waals surface area contributed by atoms with Gasteiger partial charge in [0.1, 0.15) is 0 Å². The second-order valence-electron chi connectivity index (χ2n) is 2.14. The molecule has 3 heteroatoms. The first kappa shape index (κ1) is 14.0. The fourth-order valence-corrected chi connectivity index (χ4v) is 0.671. The van der Waals surface area contributed by atoms with Crippen molar-refractivity contribution in [1.29, 1.82) is 0 Å². The zero-order chi connectivity index (χ0) is 9.28. The molecule has 0 aliphatic carbocycles. The number of thiol groups is 1. The third-order valence-electron chi connectivity index (χ3n) is 1.34. The summed E-state index contributed by atoms with van der Waals surface area (Å²) in [5.41, 5.74) is 0. The van der Waals surface area contributed by atoms with Gasteiger partial charge in [0.25, 0.3) is 0 Å². The summed E-state index contributed by atoms with van der Waals surface area (Å²) in [7, 11) is 0. The summed E-state index contributed by atoms with van der Waals surface area (Å²) in [6, 6.07) is 0. The number of hydrogen-bond acceptors (Lipinski definition) is 2. The van der Waals surface area contributed by atoms with Crippen LogP contribution in [0.3, 0.4) is 0 Å². The minimum atomic E-state index is 0.694. The molecule has 0 saturated carbocycles. The Hall–Kier alpha value is 0.400. The molecule has 0 bridgehead atoms. The molecular formula is C8H19NS2. The minimum absolute atomic E-state index is 0.694. The maximum Gasteiger partial charge on any atom is 0.0416 e. The van der Waals surface area contributed by atoms with Crippen LogP contribution in [-0.2, 0) is 0 Å². The summed E-state index contributed by atoms with van der Waals surface area (Å²) >= 11 is 8.10. The highest BCUT2D eigenvalue weighted by Gasteiger charge is 1.89. The maximum atomic E-state index is 4.40. The van der Waals surface area contributed by atoms with Crippen LogP contribution in [-0.4, -0.2) is 28.7 Å². The van der Waals surface area contributed by atoms with E-state index in [4.69, 9.17) is 0 Å². The van der Waals surface area contributed by atoms with Crippen molar-refractivity contribution in [2.75, 3.05) is 19.6 Å². The van der Waals surface area contributed by atoms with Gasteiger partial charge in [-0.25, -0.2) is 0 Å². The molecule has 0 spiro atoms. The Kier molecular flexibility index (Phi) is 13.2. The van der Waals surface area contributed by atoms with Crippen LogP contribution in [0.25, 0.3) is 0 Å². The van der Waals surface area contributed by atoms with E-state index in [0.717, 1.165) is 0 Å². The van der Waals surface area contributed by atoms with Gasteiger partial charge in [-0.3, -0.25) is 0 Å². The van der Waals surface area contributed by atoms with Gasteiger partial charge in [0.15, 0.2) is 0 Å². The van der Waals surface area contributed by atoms with E-state index in [1.807, 2.05) is 0 Å². The van der Waals surface area contributed by atoms with Crippen LogP contribution in [0.15, 0.2) is 0 Å². The highest BCUT2D eigenvalue weighted by Crippen LogP contribution is 1.81. The van der Waals surface area contributed by atoms with Gasteiger partial charge in [0.2, 0.25) is 0 Å². The average Bonchev–Trinajstić information content (AvgIpc) is 1.90. The average molecular weight is 193 g/mol. The van der Waals surface area contributed by atoms with Crippen molar-refractivity contribution >= 4 is 29.0 Å². The SMILES string of the molecule is CC(=S)S.CCN(CC)CC. The molecule has 0 heterocycles. The Bertz CT molecular complexity index is 80.6. The minimum Gasteiger partial charge on any atom is -0.304 e. The monoisotopic (exact) mass is 193 g/mol. The van der Waals surface area contributed by atoms with E-state index in [1.165, 1.54) is 19.6 Å². The third kappa shape index (κ3) is 17.9. The molecule has 1 nitrogen and oxygen atoms in total. The molecule has 0 fully saturated rings. The lowest BCUT2D eigenvalue weighted by Crippen LogP contribution is -2.21. The van der Waals surface area contributed by atoms with Crippen molar-refractivity contribution in [2.24, 2.45) is 0 Å². The van der Waals surface area contributed by atoms with Crippen LogP contribution in [0.2, 0.25) is 0 Å². The van der Waals surface area contributed by atoms with Crippen LogP contribution in [0.1, 0.15) is 27.7 Å². The van der Waals surface area contributed by atoms with Gasteiger partial charge in [-0.1, -0.05) is 33.0 Å². The molecule has 0 aromatic carbocycles. The van der Waals surface area contributed by atoms with Crippen molar-refractivity contribution in [3.05, 3.63) is 0 Å². The molecule has 0 unspecified atom stereocenters. The number of hydrogen-bond donors (Lipinski definition) is 1. The molecule has 0 N–H and O–H groups in total. The molecule has 0 aliphatic rings. The molecule has 0 rings (SSSR count). The summed E-state index contributed by atoms with van der Waals surface area (Å²) in [6.07, 6.45) is 0. The van der Waals surface area contributed by atoms with E-state index in [-0.39, 0.29) is 0 Å². The summed E-state index contributed by atoms with van der Waals surface area (Å²) < 4.78 is 0.694. The molecule has 0 radical (unpaired) electrons. The topological polar surface area (TPSA) is 3.24 Å². The second kappa shape index (κ2) is 10.4. The highest BCUT2D eigenvalue weighted by molar-refractivity contribution is 8.11. The van der Waals surface area contributed by atoms with Crippen molar-refractivity contribution in [3.63, 3.8) is 0 Å². The Balaban J connectivity index is 0. The number of thiocarbonyl (C=S) groups is 1. The van der Waals surface area contributed by atoms with E-state index in [0.29, 0.717) is 4.20 Å². The van der Waals surface area contributed by atoms with E-state index < -0.39 is 0 Å². The molecule has 68 valence electrons. The van der Waals surface area contributed by atoms with Gasteiger partial charge in [-0.2, -0.15) is 0 Å². The van der Waals surface area contributed by atoms with Gasteiger partial charge >= 0.3 is 0 Å². The number of rotatable bonds is 3. The van der Waals surface area contributed by atoms with Crippen LogP contribution in [0.4, 0.5) is 0 Å². The van der Waals surface area contributed by atoms with Gasteiger partial charge in [0.05, 0.1) is 0 Å². The maximum absolute atomic E-state index is 4.40. The summed E-state index contributed by atoms with van der Waals surface area (Å²) in [6.45, 7) is 11.9. The van der Waals surface area contributed by atoms with Crippen LogP contribution in [0, 0.1) is 0 Å². The summed E-state index contributed by atoms with van der Waals surface area (Å²) in [5.74, 6) is 0. The van der Waals surface area contributed by atoms with E-state index >= 15 is 0 Å². The molecule has 0 aromatic rings. The summed E-state index contributed by atoms with van der Waals surface area (Å²) in [4.78, 5) is 2.38. The highest BCUT2D eigenvalue weighted by atomic mass is 32.1. The van der Waals surface area contributed by atoms with Crippen molar-refractivity contribution in [1.82, 2.24) is 4.90 Å². The fourth-order valence-electron chi connectivity index (χ4n) is 0.671. The van der Waals surface area contributed by atoms with Gasteiger partial charge in [-0.15, -0.1) is 12.6 Å². The normalized spacial score (nSPS) is 8.91. The molecule has 0 atom stereocenters. The predicted molar refractivity (Wildman–Crippen MR) is 60.7 cm³/mol. The lowest BCUT2D eigenvalue weighted by atomic mass is 10.5. The quantitative estimate of drug-likeness (QED) is 0.542. The molecule has 0 amide bonds. The van der Waals surface area contributed by atoms with Crippen LogP contribution in [0.5, 0.6) is 0 Å². The lowest BCUT2D eigenvalue weighted by Gasteiger charge is -2.13. The second-order valence-corrected chi connectivity index (χ2v) is 3.72. The van der Waals surface area contributed by atoms with Gasteiger partial charge in [0, 0.05) is 4.20 Å². The molecule has 0 aromatic heterocycles. The van der Waals surface area contributed by atoms with Gasteiger partial charge in [-0.05, 0) is 26.6 Å². The molecule has 0 aliphatic heterocycles. The van der Waals surface area contributed by atoms with Crippen molar-refractivity contribution in [3.8, 4) is 0 Å². The van der Waals surface area contributed by atoms with Crippen molar-refractivity contribution < 1.29 is 0 Å². The third-order valence-corrected chi connectivity index (χ3v) is 1.34. The Labute approximate surface area is 81.6 Å². The predicted octanol–water partition coefficient (Wildman–Crippen LogP) is 2.61. The first-order chi connectivity index (χ1) is 5.08. The molecule has 0 saturated heterocycles. The Morgan fingerprint density at radius 3 is 1.36 bits per heavy atom. The first-order valence-corrected chi connectivity index (χ1v) is 4.85. The van der Waals surface area contributed by atoms with E-state index in [2.05, 4.69) is 50.5 Å². The van der Waals surface area contributed by atoms with Crippen molar-refractivity contribution in [2.45, 2.75) is 27.7 Å². The van der Waals surface area contributed by atoms with E-state index in [1.54, 1.807) is 6.92 Å². The number of nitrogens with zero attached hydrogens (tertiary/aromatic N) is 1. The molecule has 11 heavy (non-hydrogen) atoms. The molecular weight excluding hydrogens is 174 g/mol. The largest absolute Gasteiger partial charge is 0.304 e. The van der Waals surface area contributed by atoms with Crippen LogP contribution < -0.4 is 0 Å². The first-order valence-electron chi connectivity index (χ1n) is 4.00. The van der Waals surface area contributed by atoms with Gasteiger partial charge < -0.3 is 4.90 Å². The zero-order valence-corrected chi connectivity index (χ0v) is 9.63. The fraction of sp³-hybridized carbons (Fsp3) is 0.875. The standard InChI is InChI=1S/C6H15N.C2H4S2/c1-4-7(5-2)6-3;1-2(3)4/h4-6H2,1-3H3;1H3,(H,3,4). The Morgan fingerprint density at radius 2 is 1.36 bits per heavy atom.